The second kappa shape index (κ2) is 11.0. The SMILES string of the molecule is CC1CCCN(CCCCNC(=O)CSCc2ccc(Cl)cc2)C1. The summed E-state index contributed by atoms with van der Waals surface area (Å²) in [6, 6.07) is 7.80. The first-order valence-electron chi connectivity index (χ1n) is 8.95. The van der Waals surface area contributed by atoms with E-state index in [1.54, 1.807) is 11.8 Å². The van der Waals surface area contributed by atoms with Crippen molar-refractivity contribution in [3.8, 4) is 0 Å². The molecule has 0 bridgehead atoms. The second-order valence-corrected chi connectivity index (χ2v) is 8.15. The van der Waals surface area contributed by atoms with Crippen molar-refractivity contribution in [1.29, 1.82) is 0 Å². The Morgan fingerprint density at radius 3 is 2.88 bits per heavy atom. The van der Waals surface area contributed by atoms with E-state index in [0.29, 0.717) is 5.75 Å². The molecule has 24 heavy (non-hydrogen) atoms. The number of nitrogens with zero attached hydrogens (tertiary/aromatic N) is 1. The van der Waals surface area contributed by atoms with E-state index in [4.69, 9.17) is 11.6 Å². The van der Waals surface area contributed by atoms with Crippen LogP contribution >= 0.6 is 23.4 Å². The number of hydrogen-bond donors (Lipinski definition) is 1. The van der Waals surface area contributed by atoms with Gasteiger partial charge in [-0.15, -0.1) is 11.8 Å². The Balaban J connectivity index is 1.47. The minimum atomic E-state index is 0.139. The van der Waals surface area contributed by atoms with Gasteiger partial charge in [-0.1, -0.05) is 30.7 Å². The van der Waals surface area contributed by atoms with Crippen molar-refractivity contribution in [1.82, 2.24) is 10.2 Å². The number of rotatable bonds is 9. The smallest absolute Gasteiger partial charge is 0.230 e. The molecule has 1 N–H and O–H groups in total. The molecule has 2 rings (SSSR count). The van der Waals surface area contributed by atoms with Crippen LogP contribution in [-0.2, 0) is 10.5 Å². The van der Waals surface area contributed by atoms with Crippen LogP contribution in [0.3, 0.4) is 0 Å². The van der Waals surface area contributed by atoms with E-state index in [1.807, 2.05) is 24.3 Å². The largest absolute Gasteiger partial charge is 0.355 e. The molecule has 0 radical (unpaired) electrons. The normalized spacial score (nSPS) is 18.5. The van der Waals surface area contributed by atoms with Crippen molar-refractivity contribution >= 4 is 29.3 Å². The number of thioether (sulfide) groups is 1. The first-order valence-corrected chi connectivity index (χ1v) is 10.5. The van der Waals surface area contributed by atoms with Crippen LogP contribution in [0, 0.1) is 5.92 Å². The summed E-state index contributed by atoms with van der Waals surface area (Å²) in [7, 11) is 0. The zero-order valence-corrected chi connectivity index (χ0v) is 16.2. The minimum Gasteiger partial charge on any atom is -0.355 e. The zero-order chi connectivity index (χ0) is 17.2. The highest BCUT2D eigenvalue weighted by molar-refractivity contribution is 7.99. The number of amides is 1. The first-order chi connectivity index (χ1) is 11.6. The Kier molecular flexibility index (Phi) is 9.00. The minimum absolute atomic E-state index is 0.139. The number of nitrogens with one attached hydrogen (secondary N) is 1. The molecule has 134 valence electrons. The van der Waals surface area contributed by atoms with Crippen molar-refractivity contribution in [2.45, 2.75) is 38.4 Å². The molecule has 5 heteroatoms. The molecule has 3 nitrogen and oxygen atoms in total. The van der Waals surface area contributed by atoms with Gasteiger partial charge >= 0.3 is 0 Å². The number of carbonyl (C=O) groups excluding carboxylic acids is 1. The maximum Gasteiger partial charge on any atom is 0.230 e. The van der Waals surface area contributed by atoms with Crippen LogP contribution in [0.5, 0.6) is 0 Å². The number of unbranched alkanes of at least 4 members (excludes halogenated alkanes) is 1. The number of benzene rings is 1. The molecule has 0 aliphatic carbocycles. The highest BCUT2D eigenvalue weighted by atomic mass is 35.5. The predicted octanol–water partition coefficient (Wildman–Crippen LogP) is 4.20. The van der Waals surface area contributed by atoms with Gasteiger partial charge in [0, 0.05) is 23.9 Å². The number of carbonyl (C=O) groups is 1. The molecule has 1 aliphatic rings. The summed E-state index contributed by atoms with van der Waals surface area (Å²) in [5, 5.41) is 3.78. The predicted molar refractivity (Wildman–Crippen MR) is 105 cm³/mol. The van der Waals surface area contributed by atoms with E-state index < -0.39 is 0 Å². The highest BCUT2D eigenvalue weighted by Gasteiger charge is 2.15. The van der Waals surface area contributed by atoms with Crippen molar-refractivity contribution in [3.05, 3.63) is 34.9 Å². The van der Waals surface area contributed by atoms with Gasteiger partial charge in [-0.05, 0) is 62.4 Å². The summed E-state index contributed by atoms with van der Waals surface area (Å²) in [5.74, 6) is 2.35. The Morgan fingerprint density at radius 1 is 1.33 bits per heavy atom. The molecule has 1 saturated heterocycles. The van der Waals surface area contributed by atoms with Gasteiger partial charge in [0.1, 0.15) is 0 Å². The third-order valence-electron chi connectivity index (χ3n) is 4.38. The first kappa shape index (κ1) is 19.6. The lowest BCUT2D eigenvalue weighted by atomic mass is 10.0. The molecule has 0 saturated carbocycles. The fraction of sp³-hybridized carbons (Fsp3) is 0.632. The Labute approximate surface area is 155 Å². The van der Waals surface area contributed by atoms with Crippen LogP contribution in [0.4, 0.5) is 0 Å². The lowest BCUT2D eigenvalue weighted by Gasteiger charge is -2.30. The zero-order valence-electron chi connectivity index (χ0n) is 14.6. The van der Waals surface area contributed by atoms with Crippen molar-refractivity contribution in [2.24, 2.45) is 5.92 Å². The van der Waals surface area contributed by atoms with Gasteiger partial charge < -0.3 is 10.2 Å². The third kappa shape index (κ3) is 7.91. The Morgan fingerprint density at radius 2 is 2.12 bits per heavy atom. The Bertz CT molecular complexity index is 495. The van der Waals surface area contributed by atoms with Crippen molar-refractivity contribution in [3.63, 3.8) is 0 Å². The van der Waals surface area contributed by atoms with Crippen molar-refractivity contribution < 1.29 is 4.79 Å². The number of piperidine rings is 1. The van der Waals surface area contributed by atoms with Crippen LogP contribution < -0.4 is 5.32 Å². The summed E-state index contributed by atoms with van der Waals surface area (Å²) in [5.41, 5.74) is 1.20. The average molecular weight is 369 g/mol. The molecule has 0 spiro atoms. The van der Waals surface area contributed by atoms with Crippen LogP contribution in [0.1, 0.15) is 38.2 Å². The molecule has 1 atom stereocenters. The topological polar surface area (TPSA) is 32.3 Å². The fourth-order valence-corrected chi connectivity index (χ4v) is 4.01. The quantitative estimate of drug-likeness (QED) is 0.663. The molecular weight excluding hydrogens is 340 g/mol. The molecule has 0 aromatic heterocycles. The molecule has 1 amide bonds. The lowest BCUT2D eigenvalue weighted by Crippen LogP contribution is -2.35. The van der Waals surface area contributed by atoms with Crippen LogP contribution in [0.25, 0.3) is 0 Å². The molecule has 1 aromatic carbocycles. The molecule has 1 unspecified atom stereocenters. The van der Waals surface area contributed by atoms with Crippen LogP contribution in [0.15, 0.2) is 24.3 Å². The average Bonchev–Trinajstić information content (AvgIpc) is 2.56. The third-order valence-corrected chi connectivity index (χ3v) is 5.64. The summed E-state index contributed by atoms with van der Waals surface area (Å²) in [6.45, 7) is 6.80. The van der Waals surface area contributed by atoms with E-state index in [2.05, 4.69) is 17.1 Å². The maximum absolute atomic E-state index is 11.8. The highest BCUT2D eigenvalue weighted by Crippen LogP contribution is 2.16. The molecule has 1 fully saturated rings. The van der Waals surface area contributed by atoms with Gasteiger partial charge in [-0.2, -0.15) is 0 Å². The lowest BCUT2D eigenvalue weighted by molar-refractivity contribution is -0.118. The molecule has 1 aromatic rings. The summed E-state index contributed by atoms with van der Waals surface area (Å²) in [6.07, 6.45) is 4.95. The standard InChI is InChI=1S/C19H29ClN2OS/c1-16-5-4-12-22(13-16)11-3-2-10-21-19(23)15-24-14-17-6-8-18(20)9-7-17/h6-9,16H,2-5,10-15H2,1H3,(H,21,23). The second-order valence-electron chi connectivity index (χ2n) is 6.72. The maximum atomic E-state index is 11.8. The number of hydrogen-bond acceptors (Lipinski definition) is 3. The van der Waals surface area contributed by atoms with Crippen LogP contribution in [-0.4, -0.2) is 42.7 Å². The van der Waals surface area contributed by atoms with Gasteiger partial charge in [-0.3, -0.25) is 4.79 Å². The summed E-state index contributed by atoms with van der Waals surface area (Å²) >= 11 is 7.51. The number of likely N-dealkylation sites (tertiary alicyclic amines) is 1. The van der Waals surface area contributed by atoms with Gasteiger partial charge in [0.2, 0.25) is 5.91 Å². The van der Waals surface area contributed by atoms with Gasteiger partial charge in [0.05, 0.1) is 5.75 Å². The summed E-state index contributed by atoms with van der Waals surface area (Å²) in [4.78, 5) is 14.4. The monoisotopic (exact) mass is 368 g/mol. The van der Waals surface area contributed by atoms with Crippen molar-refractivity contribution in [2.75, 3.05) is 31.9 Å². The van der Waals surface area contributed by atoms with E-state index in [1.165, 1.54) is 44.5 Å². The Hall–Kier alpha value is -0.710. The molecular formula is C19H29ClN2OS. The summed E-state index contributed by atoms with van der Waals surface area (Å²) < 4.78 is 0. The fourth-order valence-electron chi connectivity index (χ4n) is 3.07. The van der Waals surface area contributed by atoms with Gasteiger partial charge in [0.25, 0.3) is 0 Å². The van der Waals surface area contributed by atoms with E-state index in [0.717, 1.165) is 29.7 Å². The number of halogens is 1. The molecule has 1 aliphatic heterocycles. The van der Waals surface area contributed by atoms with E-state index >= 15 is 0 Å². The van der Waals surface area contributed by atoms with E-state index in [-0.39, 0.29) is 5.91 Å². The van der Waals surface area contributed by atoms with E-state index in [9.17, 15) is 4.79 Å². The van der Waals surface area contributed by atoms with Gasteiger partial charge in [0.15, 0.2) is 0 Å². The van der Waals surface area contributed by atoms with Crippen LogP contribution in [0.2, 0.25) is 5.02 Å². The van der Waals surface area contributed by atoms with Gasteiger partial charge in [-0.25, -0.2) is 0 Å². The molecule has 1 heterocycles.